The highest BCUT2D eigenvalue weighted by molar-refractivity contribution is 7.89. The first kappa shape index (κ1) is 25.3. The summed E-state index contributed by atoms with van der Waals surface area (Å²) in [4.78, 5) is 27.2. The van der Waals surface area contributed by atoms with Crippen molar-refractivity contribution in [3.63, 3.8) is 0 Å². The van der Waals surface area contributed by atoms with E-state index in [-0.39, 0.29) is 31.1 Å². The molecule has 0 aromatic heterocycles. The lowest BCUT2D eigenvalue weighted by Crippen LogP contribution is -2.61. The van der Waals surface area contributed by atoms with E-state index in [4.69, 9.17) is 0 Å². The molecule has 4 rings (SSSR count). The van der Waals surface area contributed by atoms with Gasteiger partial charge >= 0.3 is 6.03 Å². The number of piperazine rings is 1. The minimum atomic E-state index is -4.16. The van der Waals surface area contributed by atoms with E-state index in [0.717, 1.165) is 34.1 Å². The summed E-state index contributed by atoms with van der Waals surface area (Å²) in [5.41, 5.74) is 1.17. The summed E-state index contributed by atoms with van der Waals surface area (Å²) in [6.45, 7) is -0.188. The summed E-state index contributed by atoms with van der Waals surface area (Å²) in [5.74, 6) is -1.63. The molecule has 1 atom stereocenters. The van der Waals surface area contributed by atoms with Crippen LogP contribution in [0.3, 0.4) is 0 Å². The number of carbonyl (C=O) groups is 2. The number of nitrogens with zero attached hydrogens (tertiary/aromatic N) is 2. The van der Waals surface area contributed by atoms with E-state index in [9.17, 15) is 26.8 Å². The predicted octanol–water partition coefficient (Wildman–Crippen LogP) is 3.19. The zero-order valence-electron chi connectivity index (χ0n) is 19.1. The lowest BCUT2D eigenvalue weighted by Gasteiger charge is -2.39. The Morgan fingerprint density at radius 3 is 2.11 bits per heavy atom. The van der Waals surface area contributed by atoms with Crippen LogP contribution in [0.5, 0.6) is 0 Å². The number of hydrogen-bond donors (Lipinski definition) is 2. The van der Waals surface area contributed by atoms with Crippen LogP contribution >= 0.6 is 0 Å². The quantitative estimate of drug-likeness (QED) is 0.528. The molecular weight excluding hydrogens is 490 g/mol. The molecule has 11 heteroatoms. The van der Waals surface area contributed by atoms with Crippen molar-refractivity contribution in [1.29, 1.82) is 0 Å². The van der Waals surface area contributed by atoms with Crippen molar-refractivity contribution in [1.82, 2.24) is 14.5 Å². The summed E-state index contributed by atoms with van der Waals surface area (Å²) in [7, 11) is -4.16. The summed E-state index contributed by atoms with van der Waals surface area (Å²) in [5, 5.41) is 5.37. The van der Waals surface area contributed by atoms with Crippen molar-refractivity contribution >= 4 is 27.6 Å². The first-order chi connectivity index (χ1) is 17.2. The molecule has 8 nitrogen and oxygen atoms in total. The van der Waals surface area contributed by atoms with Crippen LogP contribution in [0, 0.1) is 11.6 Å². The van der Waals surface area contributed by atoms with Crippen molar-refractivity contribution in [2.75, 3.05) is 25.0 Å². The van der Waals surface area contributed by atoms with Gasteiger partial charge in [-0.15, -0.1) is 0 Å². The number of urea groups is 1. The first-order valence-corrected chi connectivity index (χ1v) is 12.6. The van der Waals surface area contributed by atoms with Gasteiger partial charge in [-0.3, -0.25) is 4.79 Å². The molecule has 1 aliphatic heterocycles. The second kappa shape index (κ2) is 10.8. The Morgan fingerprint density at radius 1 is 0.861 bits per heavy atom. The zero-order chi connectivity index (χ0) is 25.7. The molecule has 0 bridgehead atoms. The minimum absolute atomic E-state index is 0.00984. The predicted molar refractivity (Wildman–Crippen MR) is 129 cm³/mol. The van der Waals surface area contributed by atoms with E-state index >= 15 is 0 Å². The normalized spacial score (nSPS) is 16.4. The van der Waals surface area contributed by atoms with Crippen LogP contribution in [-0.2, 0) is 21.4 Å². The van der Waals surface area contributed by atoms with Gasteiger partial charge in [0.15, 0.2) is 0 Å². The Hall–Kier alpha value is -3.83. The van der Waals surface area contributed by atoms with Gasteiger partial charge in [0.05, 0.1) is 4.90 Å². The van der Waals surface area contributed by atoms with Crippen LogP contribution in [0.25, 0.3) is 0 Å². The number of sulfonamides is 1. The minimum Gasteiger partial charge on any atom is -0.351 e. The summed E-state index contributed by atoms with van der Waals surface area (Å²) >= 11 is 0. The molecular formula is C25H24F2N4O4S. The molecule has 3 aromatic carbocycles. The molecule has 0 saturated carbocycles. The fourth-order valence-electron chi connectivity index (χ4n) is 3.83. The van der Waals surface area contributed by atoms with Gasteiger partial charge in [-0.25, -0.2) is 22.0 Å². The lowest BCUT2D eigenvalue weighted by atomic mass is 10.2. The van der Waals surface area contributed by atoms with E-state index in [1.54, 1.807) is 0 Å². The smallest absolute Gasteiger partial charge is 0.321 e. The van der Waals surface area contributed by atoms with Gasteiger partial charge in [-0.1, -0.05) is 30.3 Å². The third-order valence-corrected chi connectivity index (χ3v) is 7.67. The van der Waals surface area contributed by atoms with Crippen molar-refractivity contribution in [3.05, 3.63) is 96.1 Å². The number of anilines is 1. The molecule has 3 amide bonds. The number of halogens is 2. The maximum Gasteiger partial charge on any atom is 0.321 e. The van der Waals surface area contributed by atoms with E-state index in [2.05, 4.69) is 10.6 Å². The van der Waals surface area contributed by atoms with Crippen molar-refractivity contribution in [2.45, 2.75) is 17.5 Å². The summed E-state index contributed by atoms with van der Waals surface area (Å²) < 4.78 is 54.3. The molecule has 3 aromatic rings. The maximum absolute atomic E-state index is 13.4. The fourth-order valence-corrected chi connectivity index (χ4v) is 5.40. The van der Waals surface area contributed by atoms with Crippen LogP contribution in [0.4, 0.5) is 19.3 Å². The molecule has 188 valence electrons. The molecule has 1 aliphatic rings. The van der Waals surface area contributed by atoms with Gasteiger partial charge in [0.1, 0.15) is 17.7 Å². The highest BCUT2D eigenvalue weighted by Crippen LogP contribution is 2.23. The largest absolute Gasteiger partial charge is 0.351 e. The van der Waals surface area contributed by atoms with Gasteiger partial charge in [-0.2, -0.15) is 4.31 Å². The number of nitrogens with one attached hydrogen (secondary N) is 2. The van der Waals surface area contributed by atoms with Crippen LogP contribution in [0.2, 0.25) is 0 Å². The molecule has 2 N–H and O–H groups in total. The van der Waals surface area contributed by atoms with E-state index in [0.29, 0.717) is 5.69 Å². The van der Waals surface area contributed by atoms with Gasteiger partial charge in [0.2, 0.25) is 15.9 Å². The Labute approximate surface area is 207 Å². The second-order valence-corrected chi connectivity index (χ2v) is 10.1. The van der Waals surface area contributed by atoms with Crippen LogP contribution in [-0.4, -0.2) is 55.2 Å². The monoisotopic (exact) mass is 514 g/mol. The van der Waals surface area contributed by atoms with E-state index < -0.39 is 39.6 Å². The van der Waals surface area contributed by atoms with Crippen LogP contribution in [0.15, 0.2) is 83.8 Å². The third-order valence-electron chi connectivity index (χ3n) is 5.75. The molecule has 0 radical (unpaired) electrons. The van der Waals surface area contributed by atoms with E-state index in [1.165, 1.54) is 29.2 Å². The molecule has 1 unspecified atom stereocenters. The summed E-state index contributed by atoms with van der Waals surface area (Å²) in [6.07, 6.45) is 0. The highest BCUT2D eigenvalue weighted by atomic mass is 32.2. The van der Waals surface area contributed by atoms with Crippen LogP contribution in [0.1, 0.15) is 5.56 Å². The molecule has 1 saturated heterocycles. The Morgan fingerprint density at radius 2 is 1.47 bits per heavy atom. The van der Waals surface area contributed by atoms with Crippen LogP contribution < -0.4 is 10.6 Å². The Kier molecular flexibility index (Phi) is 7.61. The standard InChI is InChI=1S/C25H24F2N4O4S/c26-19-6-10-21(11-7-19)29-25(33)30-14-15-31(36(34,35)22-12-8-20(27)9-13-22)23(17-30)24(32)28-16-18-4-2-1-3-5-18/h1-13,23H,14-17H2,(H,28,32)(H,29,33). The average molecular weight is 515 g/mol. The zero-order valence-corrected chi connectivity index (χ0v) is 19.9. The molecule has 0 aliphatic carbocycles. The average Bonchev–Trinajstić information content (AvgIpc) is 2.89. The van der Waals surface area contributed by atoms with Crippen molar-refractivity contribution in [3.8, 4) is 0 Å². The summed E-state index contributed by atoms with van der Waals surface area (Å²) in [6, 6.07) is 16.8. The first-order valence-electron chi connectivity index (χ1n) is 11.1. The topological polar surface area (TPSA) is 98.8 Å². The van der Waals surface area contributed by atoms with Gasteiger partial charge < -0.3 is 15.5 Å². The van der Waals surface area contributed by atoms with E-state index in [1.807, 2.05) is 30.3 Å². The second-order valence-electron chi connectivity index (χ2n) is 8.17. The molecule has 36 heavy (non-hydrogen) atoms. The van der Waals surface area contributed by atoms with Gasteiger partial charge in [0, 0.05) is 31.9 Å². The van der Waals surface area contributed by atoms with Gasteiger partial charge in [-0.05, 0) is 54.1 Å². The Bertz CT molecular complexity index is 1320. The number of amides is 3. The number of hydrogen-bond acceptors (Lipinski definition) is 4. The maximum atomic E-state index is 13.4. The fraction of sp³-hybridized carbons (Fsp3) is 0.200. The third kappa shape index (κ3) is 5.86. The molecule has 1 heterocycles. The SMILES string of the molecule is O=C(NCc1ccccc1)C1CN(C(=O)Nc2ccc(F)cc2)CCN1S(=O)(=O)c1ccc(F)cc1. The lowest BCUT2D eigenvalue weighted by molar-refractivity contribution is -0.126. The number of rotatable bonds is 6. The number of carbonyl (C=O) groups excluding carboxylic acids is 2. The molecule has 0 spiro atoms. The molecule has 1 fully saturated rings. The Balaban J connectivity index is 1.55. The van der Waals surface area contributed by atoms with Crippen molar-refractivity contribution < 1.29 is 26.8 Å². The highest BCUT2D eigenvalue weighted by Gasteiger charge is 2.41. The van der Waals surface area contributed by atoms with Gasteiger partial charge in [0.25, 0.3) is 0 Å². The number of benzene rings is 3. The van der Waals surface area contributed by atoms with Crippen molar-refractivity contribution in [2.24, 2.45) is 0 Å².